The number of alkyl halides is 3. The van der Waals surface area contributed by atoms with Crippen LogP contribution in [0.15, 0.2) is 0 Å². The highest BCUT2D eigenvalue weighted by Gasteiger charge is 2.28. The second-order valence-corrected chi connectivity index (χ2v) is 3.80. The highest BCUT2D eigenvalue weighted by molar-refractivity contribution is 7.99. The average molecular weight is 187 g/mol. The summed E-state index contributed by atoms with van der Waals surface area (Å²) in [5, 5.41) is -0.420. The maximum atomic E-state index is 11.6. The third kappa shape index (κ3) is 6.50. The largest absolute Gasteiger partial charge is 0.397 e. The SMILES string of the molecule is CC(C)C(N)SCC(F)(F)F. The highest BCUT2D eigenvalue weighted by atomic mass is 32.2. The molecule has 0 aliphatic heterocycles. The van der Waals surface area contributed by atoms with Gasteiger partial charge in [0.15, 0.2) is 0 Å². The van der Waals surface area contributed by atoms with E-state index in [1.54, 1.807) is 13.8 Å². The van der Waals surface area contributed by atoms with E-state index < -0.39 is 17.3 Å². The summed E-state index contributed by atoms with van der Waals surface area (Å²) in [6.45, 7) is 3.60. The fraction of sp³-hybridized carbons (Fsp3) is 1.00. The fourth-order valence-electron chi connectivity index (χ4n) is 0.383. The summed E-state index contributed by atoms with van der Waals surface area (Å²) in [5.74, 6) is -0.769. The number of thioether (sulfide) groups is 1. The van der Waals surface area contributed by atoms with E-state index in [1.165, 1.54) is 0 Å². The second-order valence-electron chi connectivity index (χ2n) is 2.63. The van der Waals surface area contributed by atoms with Crippen molar-refractivity contribution in [3.8, 4) is 0 Å². The molecule has 1 atom stereocenters. The highest BCUT2D eigenvalue weighted by Crippen LogP contribution is 2.24. The van der Waals surface area contributed by atoms with Crippen molar-refractivity contribution in [2.45, 2.75) is 25.4 Å². The molecular weight excluding hydrogens is 175 g/mol. The Morgan fingerprint density at radius 2 is 1.82 bits per heavy atom. The van der Waals surface area contributed by atoms with Gasteiger partial charge in [-0.05, 0) is 5.92 Å². The predicted molar refractivity (Wildman–Crippen MR) is 41.3 cm³/mol. The van der Waals surface area contributed by atoms with Gasteiger partial charge in [-0.25, -0.2) is 0 Å². The lowest BCUT2D eigenvalue weighted by molar-refractivity contribution is -0.105. The van der Waals surface area contributed by atoms with E-state index >= 15 is 0 Å². The molecule has 2 N–H and O–H groups in total. The smallest absolute Gasteiger partial charge is 0.319 e. The molecule has 0 bridgehead atoms. The second kappa shape index (κ2) is 4.21. The van der Waals surface area contributed by atoms with Crippen LogP contribution in [0.3, 0.4) is 0 Å². The monoisotopic (exact) mass is 187 g/mol. The Balaban J connectivity index is 3.54. The Hall–Kier alpha value is 0.100. The van der Waals surface area contributed by atoms with Crippen LogP contribution >= 0.6 is 11.8 Å². The summed E-state index contributed by atoms with van der Waals surface area (Å²) in [4.78, 5) is 0. The van der Waals surface area contributed by atoms with Crippen LogP contribution in [-0.4, -0.2) is 17.3 Å². The minimum absolute atomic E-state index is 0.0855. The molecule has 0 saturated heterocycles. The summed E-state index contributed by atoms with van der Waals surface area (Å²) in [6.07, 6.45) is -4.10. The van der Waals surface area contributed by atoms with Gasteiger partial charge in [-0.3, -0.25) is 0 Å². The zero-order valence-corrected chi connectivity index (χ0v) is 7.30. The number of hydrogen-bond acceptors (Lipinski definition) is 2. The van der Waals surface area contributed by atoms with Crippen LogP contribution < -0.4 is 5.73 Å². The Morgan fingerprint density at radius 3 is 2.09 bits per heavy atom. The van der Waals surface area contributed by atoms with Gasteiger partial charge in [0.2, 0.25) is 0 Å². The zero-order valence-electron chi connectivity index (χ0n) is 6.48. The van der Waals surface area contributed by atoms with Crippen molar-refractivity contribution in [1.82, 2.24) is 0 Å². The van der Waals surface area contributed by atoms with Gasteiger partial charge in [-0.1, -0.05) is 13.8 Å². The van der Waals surface area contributed by atoms with E-state index in [1.807, 2.05) is 0 Å². The molecule has 1 unspecified atom stereocenters. The molecule has 5 heteroatoms. The molecule has 0 heterocycles. The fourth-order valence-corrected chi connectivity index (χ4v) is 1.15. The molecule has 0 fully saturated rings. The van der Waals surface area contributed by atoms with Crippen LogP contribution in [0.5, 0.6) is 0 Å². The average Bonchev–Trinajstić information content (AvgIpc) is 1.80. The van der Waals surface area contributed by atoms with Crippen LogP contribution in [0.25, 0.3) is 0 Å². The van der Waals surface area contributed by atoms with Gasteiger partial charge in [0.1, 0.15) is 0 Å². The topological polar surface area (TPSA) is 26.0 Å². The minimum atomic E-state index is -4.10. The van der Waals surface area contributed by atoms with Gasteiger partial charge >= 0.3 is 6.18 Å². The van der Waals surface area contributed by atoms with E-state index in [2.05, 4.69) is 0 Å². The van der Waals surface area contributed by atoms with Crippen LogP contribution in [0.2, 0.25) is 0 Å². The quantitative estimate of drug-likeness (QED) is 0.685. The van der Waals surface area contributed by atoms with Crippen LogP contribution in [0.4, 0.5) is 13.2 Å². The van der Waals surface area contributed by atoms with Crippen molar-refractivity contribution in [2.75, 3.05) is 5.75 Å². The van der Waals surface area contributed by atoms with E-state index in [-0.39, 0.29) is 5.92 Å². The molecule has 0 amide bonds. The summed E-state index contributed by atoms with van der Waals surface area (Å²) >= 11 is 0.744. The van der Waals surface area contributed by atoms with Gasteiger partial charge < -0.3 is 5.73 Å². The Kier molecular flexibility index (Phi) is 4.25. The lowest BCUT2D eigenvalue weighted by Crippen LogP contribution is -2.25. The summed E-state index contributed by atoms with van der Waals surface area (Å²) in [5.41, 5.74) is 5.39. The molecule has 0 aliphatic carbocycles. The van der Waals surface area contributed by atoms with Crippen molar-refractivity contribution in [3.05, 3.63) is 0 Å². The molecule has 0 saturated carbocycles. The molecule has 0 aliphatic rings. The molecule has 68 valence electrons. The van der Waals surface area contributed by atoms with Gasteiger partial charge in [-0.2, -0.15) is 13.2 Å². The molecule has 0 rings (SSSR count). The first-order valence-electron chi connectivity index (χ1n) is 3.27. The van der Waals surface area contributed by atoms with Crippen LogP contribution in [0, 0.1) is 5.92 Å². The van der Waals surface area contributed by atoms with E-state index in [0.717, 1.165) is 11.8 Å². The van der Waals surface area contributed by atoms with Crippen LogP contribution in [-0.2, 0) is 0 Å². The van der Waals surface area contributed by atoms with Gasteiger partial charge in [-0.15, -0.1) is 11.8 Å². The standard InChI is InChI=1S/C6H12F3NS/c1-4(2)5(10)11-3-6(7,8)9/h4-5H,3,10H2,1-2H3. The predicted octanol–water partition coefficient (Wildman–Crippen LogP) is 2.22. The third-order valence-corrected chi connectivity index (χ3v) is 2.52. The zero-order chi connectivity index (χ0) is 9.07. The lowest BCUT2D eigenvalue weighted by Gasteiger charge is -2.15. The van der Waals surface area contributed by atoms with Gasteiger partial charge in [0, 0.05) is 0 Å². The van der Waals surface area contributed by atoms with E-state index in [9.17, 15) is 13.2 Å². The minimum Gasteiger partial charge on any atom is -0.319 e. The van der Waals surface area contributed by atoms with Crippen molar-refractivity contribution in [3.63, 3.8) is 0 Å². The Bertz CT molecular complexity index is 113. The Morgan fingerprint density at radius 1 is 1.36 bits per heavy atom. The summed E-state index contributed by atoms with van der Waals surface area (Å²) in [7, 11) is 0. The normalized spacial score (nSPS) is 15.5. The first-order valence-corrected chi connectivity index (χ1v) is 4.31. The van der Waals surface area contributed by atoms with Crippen LogP contribution in [0.1, 0.15) is 13.8 Å². The Labute approximate surface area is 68.5 Å². The molecule has 0 aromatic rings. The molecule has 0 aromatic carbocycles. The maximum Gasteiger partial charge on any atom is 0.397 e. The van der Waals surface area contributed by atoms with Crippen molar-refractivity contribution in [1.29, 1.82) is 0 Å². The lowest BCUT2D eigenvalue weighted by atomic mass is 10.2. The number of nitrogens with two attached hydrogens (primary N) is 1. The first-order chi connectivity index (χ1) is 4.83. The van der Waals surface area contributed by atoms with E-state index in [4.69, 9.17) is 5.73 Å². The van der Waals surface area contributed by atoms with Gasteiger partial charge in [0.05, 0.1) is 11.1 Å². The molecule has 0 spiro atoms. The maximum absolute atomic E-state index is 11.6. The van der Waals surface area contributed by atoms with Crippen molar-refractivity contribution in [2.24, 2.45) is 11.7 Å². The first kappa shape index (κ1) is 11.1. The third-order valence-electron chi connectivity index (χ3n) is 1.10. The van der Waals surface area contributed by atoms with E-state index in [0.29, 0.717) is 0 Å². The van der Waals surface area contributed by atoms with Crippen molar-refractivity contribution >= 4 is 11.8 Å². The molecule has 11 heavy (non-hydrogen) atoms. The number of hydrogen-bond donors (Lipinski definition) is 1. The summed E-state index contributed by atoms with van der Waals surface area (Å²) in [6, 6.07) is 0. The van der Waals surface area contributed by atoms with Crippen molar-refractivity contribution < 1.29 is 13.2 Å². The molecule has 0 aromatic heterocycles. The molecular formula is C6H12F3NS. The number of halogens is 3. The molecule has 0 radical (unpaired) electrons. The summed E-state index contributed by atoms with van der Waals surface area (Å²) < 4.78 is 34.8. The molecule has 1 nitrogen and oxygen atoms in total. The number of rotatable bonds is 3. The van der Waals surface area contributed by atoms with Gasteiger partial charge in [0.25, 0.3) is 0 Å².